The van der Waals surface area contributed by atoms with Crippen molar-refractivity contribution in [2.75, 3.05) is 18.6 Å². The van der Waals surface area contributed by atoms with Crippen molar-refractivity contribution in [3.05, 3.63) is 83.0 Å². The molecule has 0 saturated carbocycles. The van der Waals surface area contributed by atoms with Gasteiger partial charge in [-0.15, -0.1) is 0 Å². The lowest BCUT2D eigenvalue weighted by molar-refractivity contribution is -0.117. The summed E-state index contributed by atoms with van der Waals surface area (Å²) in [6, 6.07) is 14.4. The smallest absolute Gasteiger partial charge is 0.295 e. The molecule has 5 rings (SSSR count). The molecule has 0 radical (unpaired) electrons. The molecule has 0 unspecified atom stereocenters. The van der Waals surface area contributed by atoms with Crippen LogP contribution in [0.2, 0.25) is 0 Å². The fraction of sp³-hybridized carbons (Fsp3) is 0.222. The van der Waals surface area contributed by atoms with E-state index in [4.69, 9.17) is 18.4 Å². The van der Waals surface area contributed by atoms with Gasteiger partial charge in [0.15, 0.2) is 28.8 Å². The Bertz CT molecular complexity index is 1460. The summed E-state index contributed by atoms with van der Waals surface area (Å²) in [5.74, 6) is -0.505. The molecule has 3 heterocycles. The van der Waals surface area contributed by atoms with Gasteiger partial charge < -0.3 is 23.5 Å². The Hall–Kier alpha value is -4.53. The molecule has 9 nitrogen and oxygen atoms in total. The van der Waals surface area contributed by atoms with Crippen LogP contribution in [0.1, 0.15) is 41.3 Å². The Morgan fingerprint density at radius 3 is 2.64 bits per heavy atom. The van der Waals surface area contributed by atoms with Crippen LogP contribution in [0.25, 0.3) is 11.0 Å². The number of anilines is 1. The van der Waals surface area contributed by atoms with E-state index in [1.165, 1.54) is 12.0 Å². The molecule has 1 amide bonds. The maximum Gasteiger partial charge on any atom is 0.295 e. The van der Waals surface area contributed by atoms with Crippen molar-refractivity contribution >= 4 is 28.5 Å². The largest absolute Gasteiger partial charge is 0.503 e. The van der Waals surface area contributed by atoms with Crippen molar-refractivity contribution < 1.29 is 33.1 Å². The van der Waals surface area contributed by atoms with E-state index in [0.717, 1.165) is 11.8 Å². The molecule has 4 aromatic rings. The van der Waals surface area contributed by atoms with Gasteiger partial charge in [0.1, 0.15) is 11.3 Å². The minimum atomic E-state index is -1.02. The Labute approximate surface area is 206 Å². The number of carbonyl (C=O) groups is 2. The topological polar surface area (TPSA) is 115 Å². The number of aromatic nitrogens is 1. The fourth-order valence-electron chi connectivity index (χ4n) is 4.27. The number of ketones is 1. The normalized spacial score (nSPS) is 15.7. The first kappa shape index (κ1) is 23.2. The highest BCUT2D eigenvalue weighted by Crippen LogP contribution is 2.44. The molecule has 2 aromatic carbocycles. The van der Waals surface area contributed by atoms with Gasteiger partial charge in [-0.05, 0) is 43.2 Å². The minimum absolute atomic E-state index is 0.00333. The van der Waals surface area contributed by atoms with Crippen LogP contribution in [0.3, 0.4) is 0 Å². The molecule has 184 valence electrons. The van der Waals surface area contributed by atoms with E-state index >= 15 is 0 Å². The van der Waals surface area contributed by atoms with Crippen LogP contribution in [0.4, 0.5) is 5.82 Å². The van der Waals surface area contributed by atoms with Crippen LogP contribution in [0, 0.1) is 6.92 Å². The van der Waals surface area contributed by atoms with E-state index in [-0.39, 0.29) is 17.2 Å². The molecule has 0 aliphatic carbocycles. The second kappa shape index (κ2) is 9.26. The lowest BCUT2D eigenvalue weighted by Gasteiger charge is -2.25. The van der Waals surface area contributed by atoms with Crippen molar-refractivity contribution in [1.82, 2.24) is 5.16 Å². The van der Waals surface area contributed by atoms with Crippen molar-refractivity contribution in [3.8, 4) is 11.5 Å². The van der Waals surface area contributed by atoms with Gasteiger partial charge in [-0.2, -0.15) is 0 Å². The van der Waals surface area contributed by atoms with Crippen molar-refractivity contribution in [1.29, 1.82) is 0 Å². The SMILES string of the molecule is CCCOc1ccc([C@@H]2C(C(=O)c3cc4ccccc4o3)=C(O)C(=O)N2c2cc(C)on2)cc1OC. The Kier molecular flexibility index (Phi) is 5.97. The standard InChI is InChI=1S/C27H24N2O7/c1-4-11-34-19-10-9-17(14-20(19)33-3)24-23(25(30)21-13-16-7-5-6-8-18(16)35-21)26(31)27(32)29(24)22-12-15(2)36-28-22/h5-10,12-14,24,31H,4,11H2,1-3H3/t24-/m1/s1. The first-order valence-electron chi connectivity index (χ1n) is 11.5. The van der Waals surface area contributed by atoms with Crippen LogP contribution >= 0.6 is 0 Å². The summed E-state index contributed by atoms with van der Waals surface area (Å²) in [7, 11) is 1.50. The predicted molar refractivity (Wildman–Crippen MR) is 130 cm³/mol. The van der Waals surface area contributed by atoms with Gasteiger partial charge in [0, 0.05) is 11.5 Å². The van der Waals surface area contributed by atoms with Gasteiger partial charge >= 0.3 is 0 Å². The molecule has 1 N–H and O–H groups in total. The number of carbonyl (C=O) groups excluding carboxylic acids is 2. The number of amides is 1. The molecule has 1 aliphatic heterocycles. The van der Waals surface area contributed by atoms with E-state index in [1.807, 2.05) is 19.1 Å². The van der Waals surface area contributed by atoms with Gasteiger partial charge in [-0.3, -0.25) is 14.5 Å². The number of methoxy groups -OCH3 is 1. The van der Waals surface area contributed by atoms with Gasteiger partial charge in [-0.25, -0.2) is 0 Å². The molecular weight excluding hydrogens is 464 g/mol. The second-order valence-corrected chi connectivity index (χ2v) is 8.37. The first-order chi connectivity index (χ1) is 17.4. The van der Waals surface area contributed by atoms with Crippen LogP contribution in [-0.2, 0) is 4.79 Å². The molecule has 0 bridgehead atoms. The number of fused-ring (bicyclic) bond motifs is 1. The van der Waals surface area contributed by atoms with Crippen LogP contribution in [-0.4, -0.2) is 35.7 Å². The number of para-hydroxylation sites is 1. The number of ether oxygens (including phenoxy) is 2. The molecule has 36 heavy (non-hydrogen) atoms. The summed E-state index contributed by atoms with van der Waals surface area (Å²) >= 11 is 0. The molecule has 2 aromatic heterocycles. The highest BCUT2D eigenvalue weighted by molar-refractivity contribution is 6.20. The number of aryl methyl sites for hydroxylation is 1. The summed E-state index contributed by atoms with van der Waals surface area (Å²) in [6.07, 6.45) is 0.814. The third-order valence-corrected chi connectivity index (χ3v) is 5.93. The van der Waals surface area contributed by atoms with Crippen molar-refractivity contribution in [2.24, 2.45) is 0 Å². The molecule has 0 spiro atoms. The molecule has 1 atom stereocenters. The zero-order chi connectivity index (χ0) is 25.4. The third-order valence-electron chi connectivity index (χ3n) is 5.93. The first-order valence-corrected chi connectivity index (χ1v) is 11.5. The summed E-state index contributed by atoms with van der Waals surface area (Å²) in [4.78, 5) is 28.2. The number of Topliss-reactive ketones (excluding diaryl/α,β-unsaturated/α-hetero) is 1. The van der Waals surface area contributed by atoms with Gasteiger partial charge in [0.25, 0.3) is 5.91 Å². The van der Waals surface area contributed by atoms with E-state index in [1.54, 1.807) is 49.4 Å². The Morgan fingerprint density at radius 1 is 1.14 bits per heavy atom. The lowest BCUT2D eigenvalue weighted by atomic mass is 9.94. The number of aliphatic hydroxyl groups excluding tert-OH is 1. The number of benzene rings is 2. The van der Waals surface area contributed by atoms with Crippen molar-refractivity contribution in [2.45, 2.75) is 26.3 Å². The Balaban J connectivity index is 1.64. The van der Waals surface area contributed by atoms with Gasteiger partial charge in [0.2, 0.25) is 5.78 Å². The number of hydrogen-bond acceptors (Lipinski definition) is 8. The second-order valence-electron chi connectivity index (χ2n) is 8.37. The minimum Gasteiger partial charge on any atom is -0.503 e. The summed E-state index contributed by atoms with van der Waals surface area (Å²) in [6.45, 7) is 4.17. The highest BCUT2D eigenvalue weighted by Gasteiger charge is 2.46. The molecule has 0 fully saturated rings. The average Bonchev–Trinajstić information content (AvgIpc) is 3.58. The fourth-order valence-corrected chi connectivity index (χ4v) is 4.27. The Morgan fingerprint density at radius 2 is 1.94 bits per heavy atom. The molecule has 1 aliphatic rings. The maximum absolute atomic E-state index is 13.7. The monoisotopic (exact) mass is 488 g/mol. The van der Waals surface area contributed by atoms with Crippen LogP contribution < -0.4 is 14.4 Å². The summed E-state index contributed by atoms with van der Waals surface area (Å²) in [5, 5.41) is 15.6. The van der Waals surface area contributed by atoms with E-state index in [9.17, 15) is 14.7 Å². The summed E-state index contributed by atoms with van der Waals surface area (Å²) < 4.78 is 22.2. The molecular formula is C27H24N2O7. The number of hydrogen-bond donors (Lipinski definition) is 1. The number of nitrogens with zero attached hydrogens (tertiary/aromatic N) is 2. The quantitative estimate of drug-likeness (QED) is 0.332. The van der Waals surface area contributed by atoms with Gasteiger partial charge in [0.05, 0.1) is 25.3 Å². The average molecular weight is 488 g/mol. The van der Waals surface area contributed by atoms with E-state index < -0.39 is 23.5 Å². The number of furan rings is 1. The van der Waals surface area contributed by atoms with Gasteiger partial charge in [-0.1, -0.05) is 36.3 Å². The zero-order valence-corrected chi connectivity index (χ0v) is 20.0. The summed E-state index contributed by atoms with van der Waals surface area (Å²) in [5.41, 5.74) is 0.891. The highest BCUT2D eigenvalue weighted by atomic mass is 16.5. The van der Waals surface area contributed by atoms with Crippen molar-refractivity contribution in [3.63, 3.8) is 0 Å². The molecule has 0 saturated heterocycles. The van der Waals surface area contributed by atoms with E-state index in [0.29, 0.717) is 35.0 Å². The van der Waals surface area contributed by atoms with Crippen LogP contribution in [0.15, 0.2) is 74.9 Å². The maximum atomic E-state index is 13.7. The lowest BCUT2D eigenvalue weighted by Crippen LogP contribution is -2.31. The number of aliphatic hydroxyl groups is 1. The van der Waals surface area contributed by atoms with Crippen LogP contribution in [0.5, 0.6) is 11.5 Å². The third kappa shape index (κ3) is 3.88. The number of rotatable bonds is 8. The zero-order valence-electron chi connectivity index (χ0n) is 20.0. The van der Waals surface area contributed by atoms with E-state index in [2.05, 4.69) is 5.16 Å². The molecule has 9 heteroatoms. The predicted octanol–water partition coefficient (Wildman–Crippen LogP) is 5.31.